The molecule has 168 valence electrons. The molecule has 1 saturated heterocycles. The molecule has 2 aromatic carbocycles. The zero-order valence-corrected chi connectivity index (χ0v) is 18.9. The second kappa shape index (κ2) is 10.9. The molecule has 1 aliphatic rings. The summed E-state index contributed by atoms with van der Waals surface area (Å²) in [5, 5.41) is 3.04. The number of carbonyl (C=O) groups is 1. The molecular weight excluding hydrogens is 394 g/mol. The van der Waals surface area contributed by atoms with E-state index in [9.17, 15) is 4.79 Å². The van der Waals surface area contributed by atoms with Crippen LogP contribution in [0.15, 0.2) is 42.5 Å². The molecule has 31 heavy (non-hydrogen) atoms. The molecule has 0 bridgehead atoms. The van der Waals surface area contributed by atoms with Crippen LogP contribution in [0.25, 0.3) is 0 Å². The largest absolute Gasteiger partial charge is 0.493 e. The van der Waals surface area contributed by atoms with Crippen LogP contribution in [0.4, 0.5) is 5.69 Å². The van der Waals surface area contributed by atoms with Crippen molar-refractivity contribution in [1.82, 2.24) is 10.2 Å². The number of nitrogens with zero attached hydrogens (tertiary/aromatic N) is 2. The summed E-state index contributed by atoms with van der Waals surface area (Å²) in [6.07, 6.45) is 0. The van der Waals surface area contributed by atoms with E-state index in [0.717, 1.165) is 43.2 Å². The van der Waals surface area contributed by atoms with Crippen molar-refractivity contribution in [1.29, 1.82) is 0 Å². The number of carbonyl (C=O) groups excluding carboxylic acids is 1. The third kappa shape index (κ3) is 5.61. The van der Waals surface area contributed by atoms with Gasteiger partial charge in [-0.15, -0.1) is 0 Å². The van der Waals surface area contributed by atoms with Crippen molar-refractivity contribution in [3.05, 3.63) is 48.0 Å². The third-order valence-electron chi connectivity index (χ3n) is 5.66. The maximum absolute atomic E-state index is 12.7. The van der Waals surface area contributed by atoms with Crippen LogP contribution in [0, 0.1) is 0 Å². The number of piperazine rings is 1. The van der Waals surface area contributed by atoms with E-state index < -0.39 is 0 Å². The third-order valence-corrected chi connectivity index (χ3v) is 5.66. The standard InChI is InChI=1S/C24H33N3O4/c1-5-31-21-9-7-6-8-20(21)27-14-12-26(13-15-27)18(2)24(28)25-17-19-10-11-22(29-3)23(16-19)30-4/h6-11,16,18H,5,12-15,17H2,1-4H3,(H,25,28)/t18-/m0/s1. The van der Waals surface area contributed by atoms with Crippen LogP contribution in [0.1, 0.15) is 19.4 Å². The van der Waals surface area contributed by atoms with E-state index in [4.69, 9.17) is 14.2 Å². The molecule has 1 aliphatic heterocycles. The highest BCUT2D eigenvalue weighted by Crippen LogP contribution is 2.29. The molecule has 1 fully saturated rings. The Balaban J connectivity index is 1.52. The van der Waals surface area contributed by atoms with Gasteiger partial charge in [0.1, 0.15) is 5.75 Å². The summed E-state index contributed by atoms with van der Waals surface area (Å²) in [7, 11) is 3.21. The Morgan fingerprint density at radius 3 is 2.39 bits per heavy atom. The lowest BCUT2D eigenvalue weighted by molar-refractivity contribution is -0.126. The number of para-hydroxylation sites is 2. The smallest absolute Gasteiger partial charge is 0.237 e. The van der Waals surface area contributed by atoms with E-state index in [1.165, 1.54) is 0 Å². The highest BCUT2D eigenvalue weighted by molar-refractivity contribution is 5.81. The lowest BCUT2D eigenvalue weighted by Crippen LogP contribution is -2.53. The number of methoxy groups -OCH3 is 2. The molecule has 1 amide bonds. The summed E-state index contributed by atoms with van der Waals surface area (Å²) in [5.41, 5.74) is 2.09. The fourth-order valence-corrected chi connectivity index (χ4v) is 3.84. The van der Waals surface area contributed by atoms with Gasteiger partial charge in [-0.3, -0.25) is 9.69 Å². The molecule has 0 unspecified atom stereocenters. The fraction of sp³-hybridized carbons (Fsp3) is 0.458. The molecule has 1 N–H and O–H groups in total. The Hall–Kier alpha value is -2.93. The number of nitrogens with one attached hydrogen (secondary N) is 1. The number of anilines is 1. The topological polar surface area (TPSA) is 63.3 Å². The van der Waals surface area contributed by atoms with Crippen molar-refractivity contribution in [2.24, 2.45) is 0 Å². The van der Waals surface area contributed by atoms with Gasteiger partial charge in [0.05, 0.1) is 32.6 Å². The zero-order valence-electron chi connectivity index (χ0n) is 18.9. The molecule has 7 heteroatoms. The van der Waals surface area contributed by atoms with Gasteiger partial charge in [-0.2, -0.15) is 0 Å². The molecule has 0 aliphatic carbocycles. The summed E-state index contributed by atoms with van der Waals surface area (Å²) >= 11 is 0. The first kappa shape index (κ1) is 22.7. The second-order valence-corrected chi connectivity index (χ2v) is 7.51. The molecule has 0 radical (unpaired) electrons. The van der Waals surface area contributed by atoms with E-state index in [-0.39, 0.29) is 11.9 Å². The van der Waals surface area contributed by atoms with Crippen molar-refractivity contribution in [2.45, 2.75) is 26.4 Å². The van der Waals surface area contributed by atoms with Crippen LogP contribution < -0.4 is 24.4 Å². The number of hydrogen-bond acceptors (Lipinski definition) is 6. The zero-order chi connectivity index (χ0) is 22.2. The predicted molar refractivity (Wildman–Crippen MR) is 122 cm³/mol. The highest BCUT2D eigenvalue weighted by Gasteiger charge is 2.26. The molecule has 3 rings (SSSR count). The van der Waals surface area contributed by atoms with Gasteiger partial charge in [0.25, 0.3) is 0 Å². The first-order valence-corrected chi connectivity index (χ1v) is 10.8. The normalized spacial score (nSPS) is 15.3. The lowest BCUT2D eigenvalue weighted by Gasteiger charge is -2.39. The minimum absolute atomic E-state index is 0.0259. The summed E-state index contributed by atoms with van der Waals surface area (Å²) in [6, 6.07) is 13.6. The van der Waals surface area contributed by atoms with E-state index in [2.05, 4.69) is 21.2 Å². The van der Waals surface area contributed by atoms with Crippen LogP contribution in [-0.2, 0) is 11.3 Å². The average molecular weight is 428 g/mol. The van der Waals surface area contributed by atoms with E-state index in [1.807, 2.05) is 50.2 Å². The Bertz CT molecular complexity index is 866. The minimum atomic E-state index is -0.190. The Kier molecular flexibility index (Phi) is 8.00. The molecule has 0 aromatic heterocycles. The number of hydrogen-bond donors (Lipinski definition) is 1. The first-order valence-electron chi connectivity index (χ1n) is 10.8. The van der Waals surface area contributed by atoms with E-state index >= 15 is 0 Å². The molecule has 2 aromatic rings. The Morgan fingerprint density at radius 1 is 1.00 bits per heavy atom. The van der Waals surface area contributed by atoms with Gasteiger partial charge >= 0.3 is 0 Å². The van der Waals surface area contributed by atoms with Crippen molar-refractivity contribution >= 4 is 11.6 Å². The van der Waals surface area contributed by atoms with Gasteiger partial charge in [-0.25, -0.2) is 0 Å². The monoisotopic (exact) mass is 427 g/mol. The number of rotatable bonds is 9. The summed E-state index contributed by atoms with van der Waals surface area (Å²) in [6.45, 7) is 8.43. The molecule has 0 saturated carbocycles. The van der Waals surface area contributed by atoms with Crippen LogP contribution in [0.3, 0.4) is 0 Å². The quantitative estimate of drug-likeness (QED) is 0.664. The van der Waals surface area contributed by atoms with Gasteiger partial charge in [-0.05, 0) is 43.7 Å². The minimum Gasteiger partial charge on any atom is -0.493 e. The first-order chi connectivity index (χ1) is 15.1. The van der Waals surface area contributed by atoms with Crippen molar-refractivity contribution in [2.75, 3.05) is 51.9 Å². The van der Waals surface area contributed by atoms with Gasteiger partial charge in [0, 0.05) is 32.7 Å². The number of benzene rings is 2. The molecule has 1 heterocycles. The van der Waals surface area contributed by atoms with Gasteiger partial charge in [-0.1, -0.05) is 18.2 Å². The molecule has 1 atom stereocenters. The molecule has 0 spiro atoms. The summed E-state index contributed by atoms with van der Waals surface area (Å²) in [5.74, 6) is 2.28. The van der Waals surface area contributed by atoms with Gasteiger partial charge < -0.3 is 24.4 Å². The Morgan fingerprint density at radius 2 is 1.71 bits per heavy atom. The van der Waals surface area contributed by atoms with E-state index in [1.54, 1.807) is 14.2 Å². The van der Waals surface area contributed by atoms with Crippen LogP contribution in [-0.4, -0.2) is 63.9 Å². The maximum Gasteiger partial charge on any atom is 0.237 e. The summed E-state index contributed by atoms with van der Waals surface area (Å²) in [4.78, 5) is 17.3. The molecular formula is C24H33N3O4. The van der Waals surface area contributed by atoms with Crippen molar-refractivity contribution in [3.8, 4) is 17.2 Å². The number of ether oxygens (including phenoxy) is 3. The Labute approximate surface area is 184 Å². The maximum atomic E-state index is 12.7. The fourth-order valence-electron chi connectivity index (χ4n) is 3.84. The van der Waals surface area contributed by atoms with Crippen molar-refractivity contribution < 1.29 is 19.0 Å². The van der Waals surface area contributed by atoms with Crippen molar-refractivity contribution in [3.63, 3.8) is 0 Å². The van der Waals surface area contributed by atoms with E-state index in [0.29, 0.717) is 24.7 Å². The van der Waals surface area contributed by atoms with Crippen LogP contribution in [0.5, 0.6) is 17.2 Å². The predicted octanol–water partition coefficient (Wildman–Crippen LogP) is 2.93. The van der Waals surface area contributed by atoms with Crippen LogP contribution >= 0.6 is 0 Å². The van der Waals surface area contributed by atoms with Gasteiger partial charge in [0.2, 0.25) is 5.91 Å². The number of amides is 1. The average Bonchev–Trinajstić information content (AvgIpc) is 2.82. The van der Waals surface area contributed by atoms with Crippen LogP contribution in [0.2, 0.25) is 0 Å². The van der Waals surface area contributed by atoms with Gasteiger partial charge in [0.15, 0.2) is 11.5 Å². The second-order valence-electron chi connectivity index (χ2n) is 7.51. The highest BCUT2D eigenvalue weighted by atomic mass is 16.5. The molecule has 7 nitrogen and oxygen atoms in total. The lowest BCUT2D eigenvalue weighted by atomic mass is 10.1. The SMILES string of the molecule is CCOc1ccccc1N1CCN([C@@H](C)C(=O)NCc2ccc(OC)c(OC)c2)CC1. The summed E-state index contributed by atoms with van der Waals surface area (Å²) < 4.78 is 16.4.